The van der Waals surface area contributed by atoms with Crippen LogP contribution < -0.4 is 16.0 Å². The first-order valence-electron chi connectivity index (χ1n) is 9.80. The molecule has 7 nitrogen and oxygen atoms in total. The molecule has 146 valence electrons. The first-order chi connectivity index (χ1) is 12.6. The number of aliphatic imine (C=N–C) groups is 1. The molecule has 0 saturated heterocycles. The molecule has 2 rings (SSSR count). The molecule has 0 radical (unpaired) electrons. The molecular formula is C19H33N5O2. The van der Waals surface area contributed by atoms with Crippen molar-refractivity contribution in [1.82, 2.24) is 20.9 Å². The Kier molecular flexibility index (Phi) is 8.44. The van der Waals surface area contributed by atoms with E-state index >= 15 is 0 Å². The van der Waals surface area contributed by atoms with Gasteiger partial charge in [0, 0.05) is 26.1 Å². The Labute approximate surface area is 156 Å². The third kappa shape index (κ3) is 7.06. The first kappa shape index (κ1) is 20.3. The van der Waals surface area contributed by atoms with Crippen molar-refractivity contribution in [3.8, 4) is 0 Å². The highest BCUT2D eigenvalue weighted by molar-refractivity contribution is 5.80. The quantitative estimate of drug-likeness (QED) is 0.375. The zero-order valence-electron chi connectivity index (χ0n) is 16.4. The van der Waals surface area contributed by atoms with E-state index in [1.807, 2.05) is 20.8 Å². The van der Waals surface area contributed by atoms with E-state index in [1.165, 1.54) is 32.1 Å². The predicted octanol–water partition coefficient (Wildman–Crippen LogP) is 2.43. The van der Waals surface area contributed by atoms with Crippen LogP contribution >= 0.6 is 0 Å². The Morgan fingerprint density at radius 3 is 2.54 bits per heavy atom. The van der Waals surface area contributed by atoms with Crippen LogP contribution in [0.2, 0.25) is 0 Å². The monoisotopic (exact) mass is 363 g/mol. The molecule has 26 heavy (non-hydrogen) atoms. The minimum atomic E-state index is 0.159. The lowest BCUT2D eigenvalue weighted by Gasteiger charge is -2.20. The fraction of sp³-hybridized carbons (Fsp3) is 0.737. The summed E-state index contributed by atoms with van der Waals surface area (Å²) in [4.78, 5) is 20.8. The van der Waals surface area contributed by atoms with Crippen molar-refractivity contribution in [3.63, 3.8) is 0 Å². The second-order valence-corrected chi connectivity index (χ2v) is 6.93. The van der Waals surface area contributed by atoms with Crippen LogP contribution in [0.25, 0.3) is 0 Å². The van der Waals surface area contributed by atoms with Crippen LogP contribution in [0.1, 0.15) is 62.8 Å². The number of carbonyl (C=O) groups excluding carboxylic acids is 1. The number of guanidine groups is 1. The summed E-state index contributed by atoms with van der Waals surface area (Å²) in [5.74, 6) is 2.86. The van der Waals surface area contributed by atoms with Gasteiger partial charge in [-0.15, -0.1) is 0 Å². The Hall–Kier alpha value is -2.05. The number of nitrogens with one attached hydrogen (secondary N) is 3. The van der Waals surface area contributed by atoms with Crippen molar-refractivity contribution >= 4 is 11.9 Å². The minimum Gasteiger partial charge on any atom is -0.444 e. The standard InChI is InChI=1S/C19H33N5O2/c1-4-20-19(23-13-18-24-14(2)15(3)26-18)22-11-10-21-17(25)12-16-8-6-5-7-9-16/h16H,4-13H2,1-3H3,(H,21,25)(H2,20,22,23). The van der Waals surface area contributed by atoms with E-state index in [2.05, 4.69) is 25.9 Å². The van der Waals surface area contributed by atoms with Crippen molar-refractivity contribution in [2.45, 2.75) is 65.8 Å². The third-order valence-electron chi connectivity index (χ3n) is 4.73. The summed E-state index contributed by atoms with van der Waals surface area (Å²) < 4.78 is 5.54. The van der Waals surface area contributed by atoms with Crippen LogP contribution in [-0.2, 0) is 11.3 Å². The third-order valence-corrected chi connectivity index (χ3v) is 4.73. The zero-order valence-corrected chi connectivity index (χ0v) is 16.4. The van der Waals surface area contributed by atoms with E-state index in [0.717, 1.165) is 18.0 Å². The lowest BCUT2D eigenvalue weighted by molar-refractivity contribution is -0.122. The minimum absolute atomic E-state index is 0.159. The van der Waals surface area contributed by atoms with E-state index in [-0.39, 0.29) is 5.91 Å². The van der Waals surface area contributed by atoms with Gasteiger partial charge in [-0.05, 0) is 39.5 Å². The summed E-state index contributed by atoms with van der Waals surface area (Å²) in [6.07, 6.45) is 6.92. The summed E-state index contributed by atoms with van der Waals surface area (Å²) in [7, 11) is 0. The van der Waals surface area contributed by atoms with E-state index in [4.69, 9.17) is 4.42 Å². The number of amides is 1. The van der Waals surface area contributed by atoms with Gasteiger partial charge in [-0.1, -0.05) is 19.3 Å². The van der Waals surface area contributed by atoms with Gasteiger partial charge in [-0.25, -0.2) is 9.98 Å². The van der Waals surface area contributed by atoms with Crippen LogP contribution in [0.3, 0.4) is 0 Å². The molecule has 1 heterocycles. The Bertz CT molecular complexity index is 571. The maximum atomic E-state index is 12.0. The lowest BCUT2D eigenvalue weighted by atomic mass is 9.87. The van der Waals surface area contributed by atoms with Crippen LogP contribution in [0.15, 0.2) is 9.41 Å². The second kappa shape index (κ2) is 10.8. The number of aryl methyl sites for hydroxylation is 2. The van der Waals surface area contributed by atoms with Crippen molar-refractivity contribution < 1.29 is 9.21 Å². The number of aromatic nitrogens is 1. The van der Waals surface area contributed by atoms with E-state index < -0.39 is 0 Å². The van der Waals surface area contributed by atoms with Gasteiger partial charge >= 0.3 is 0 Å². The van der Waals surface area contributed by atoms with E-state index in [0.29, 0.717) is 43.8 Å². The number of nitrogens with zero attached hydrogens (tertiary/aromatic N) is 2. The van der Waals surface area contributed by atoms with Gasteiger partial charge in [0.05, 0.1) is 5.69 Å². The zero-order chi connectivity index (χ0) is 18.8. The largest absolute Gasteiger partial charge is 0.444 e. The van der Waals surface area contributed by atoms with Crippen molar-refractivity contribution in [1.29, 1.82) is 0 Å². The van der Waals surface area contributed by atoms with Crippen molar-refractivity contribution in [2.75, 3.05) is 19.6 Å². The fourth-order valence-electron chi connectivity index (χ4n) is 3.20. The molecule has 0 aliphatic heterocycles. The number of hydrogen-bond acceptors (Lipinski definition) is 4. The van der Waals surface area contributed by atoms with Crippen LogP contribution in [-0.4, -0.2) is 36.5 Å². The fourth-order valence-corrected chi connectivity index (χ4v) is 3.20. The smallest absolute Gasteiger partial charge is 0.220 e. The molecule has 1 aliphatic carbocycles. The van der Waals surface area contributed by atoms with Gasteiger partial charge in [0.2, 0.25) is 11.8 Å². The van der Waals surface area contributed by atoms with Gasteiger partial charge in [-0.3, -0.25) is 4.79 Å². The molecule has 0 spiro atoms. The number of oxazole rings is 1. The van der Waals surface area contributed by atoms with Gasteiger partial charge < -0.3 is 20.4 Å². The summed E-state index contributed by atoms with van der Waals surface area (Å²) in [5.41, 5.74) is 0.897. The topological polar surface area (TPSA) is 91.6 Å². The summed E-state index contributed by atoms with van der Waals surface area (Å²) in [6, 6.07) is 0. The second-order valence-electron chi connectivity index (χ2n) is 6.93. The highest BCUT2D eigenvalue weighted by Gasteiger charge is 2.16. The van der Waals surface area contributed by atoms with Gasteiger partial charge in [0.1, 0.15) is 12.3 Å². The maximum Gasteiger partial charge on any atom is 0.220 e. The molecule has 1 amide bonds. The highest BCUT2D eigenvalue weighted by atomic mass is 16.4. The Morgan fingerprint density at radius 2 is 1.88 bits per heavy atom. The van der Waals surface area contributed by atoms with Gasteiger partial charge in [-0.2, -0.15) is 0 Å². The Balaban J connectivity index is 1.68. The highest BCUT2D eigenvalue weighted by Crippen LogP contribution is 2.25. The number of hydrogen-bond donors (Lipinski definition) is 3. The maximum absolute atomic E-state index is 12.0. The molecule has 7 heteroatoms. The molecule has 0 aromatic carbocycles. The van der Waals surface area contributed by atoms with Crippen LogP contribution in [0, 0.1) is 19.8 Å². The van der Waals surface area contributed by atoms with Gasteiger partial charge in [0.25, 0.3) is 0 Å². The average molecular weight is 364 g/mol. The summed E-state index contributed by atoms with van der Waals surface area (Å²) in [6.45, 7) is 8.21. The molecule has 3 N–H and O–H groups in total. The molecular weight excluding hydrogens is 330 g/mol. The van der Waals surface area contributed by atoms with Crippen LogP contribution in [0.5, 0.6) is 0 Å². The molecule has 0 bridgehead atoms. The SMILES string of the molecule is CCNC(=NCc1nc(C)c(C)o1)NCCNC(=O)CC1CCCCC1. The number of carbonyl (C=O) groups is 1. The molecule has 1 aromatic rings. The molecule has 1 aromatic heterocycles. The average Bonchev–Trinajstić information content (AvgIpc) is 2.95. The summed E-state index contributed by atoms with van der Waals surface area (Å²) >= 11 is 0. The number of rotatable bonds is 8. The van der Waals surface area contributed by atoms with Crippen molar-refractivity contribution in [3.05, 3.63) is 17.3 Å². The van der Waals surface area contributed by atoms with Crippen molar-refractivity contribution in [2.24, 2.45) is 10.9 Å². The molecule has 0 atom stereocenters. The molecule has 0 unspecified atom stereocenters. The first-order valence-corrected chi connectivity index (χ1v) is 9.80. The van der Waals surface area contributed by atoms with Crippen LogP contribution in [0.4, 0.5) is 0 Å². The Morgan fingerprint density at radius 1 is 1.15 bits per heavy atom. The molecule has 1 fully saturated rings. The van der Waals surface area contributed by atoms with E-state index in [1.54, 1.807) is 0 Å². The summed E-state index contributed by atoms with van der Waals surface area (Å²) in [5, 5.41) is 9.41. The normalized spacial score (nSPS) is 15.7. The molecule has 1 saturated carbocycles. The van der Waals surface area contributed by atoms with E-state index in [9.17, 15) is 4.79 Å². The predicted molar refractivity (Wildman–Crippen MR) is 103 cm³/mol. The van der Waals surface area contributed by atoms with Gasteiger partial charge in [0.15, 0.2) is 5.96 Å². The lowest BCUT2D eigenvalue weighted by Crippen LogP contribution is -2.41. The molecule has 1 aliphatic rings.